The molecule has 1 aromatic carbocycles. The van der Waals surface area contributed by atoms with E-state index in [-0.39, 0.29) is 6.04 Å². The number of benzene rings is 1. The Morgan fingerprint density at radius 3 is 3.05 bits per heavy atom. The summed E-state index contributed by atoms with van der Waals surface area (Å²) < 4.78 is 3.07. The van der Waals surface area contributed by atoms with Crippen molar-refractivity contribution in [3.8, 4) is 0 Å². The lowest BCUT2D eigenvalue weighted by molar-refractivity contribution is 0.210. The van der Waals surface area contributed by atoms with Gasteiger partial charge in [0.15, 0.2) is 0 Å². The molecule has 0 spiro atoms. The molecule has 0 bridgehead atoms. The second kappa shape index (κ2) is 6.44. The van der Waals surface area contributed by atoms with Crippen LogP contribution in [-0.2, 0) is 13.1 Å². The second-order valence-electron chi connectivity index (χ2n) is 5.28. The Kier molecular flexibility index (Phi) is 4.59. The molecule has 0 amide bonds. The molecule has 1 aromatic heterocycles. The molecular weight excluding hydrogens is 354 g/mol. The lowest BCUT2D eigenvalue weighted by Gasteiger charge is -2.28. The molecule has 21 heavy (non-hydrogen) atoms. The van der Waals surface area contributed by atoms with Gasteiger partial charge in [-0.1, -0.05) is 33.6 Å². The van der Waals surface area contributed by atoms with Gasteiger partial charge in [0.05, 0.1) is 6.54 Å². The van der Waals surface area contributed by atoms with Gasteiger partial charge in [0.2, 0.25) is 0 Å². The summed E-state index contributed by atoms with van der Waals surface area (Å²) in [6.45, 7) is 3.71. The first kappa shape index (κ1) is 15.0. The van der Waals surface area contributed by atoms with Crippen LogP contribution in [0, 0.1) is 0 Å². The van der Waals surface area contributed by atoms with E-state index >= 15 is 0 Å². The lowest BCUT2D eigenvalue weighted by atomic mass is 10.0. The van der Waals surface area contributed by atoms with Crippen molar-refractivity contribution < 1.29 is 0 Å². The Hall–Kier alpha value is -0.950. The molecule has 0 radical (unpaired) electrons. The van der Waals surface area contributed by atoms with Crippen molar-refractivity contribution in [2.75, 3.05) is 13.1 Å². The van der Waals surface area contributed by atoms with Crippen LogP contribution in [-0.4, -0.2) is 32.8 Å². The maximum absolute atomic E-state index is 6.28. The molecule has 0 saturated heterocycles. The summed E-state index contributed by atoms with van der Waals surface area (Å²) in [6, 6.07) is 5.81. The summed E-state index contributed by atoms with van der Waals surface area (Å²) in [4.78, 5) is 2.36. The zero-order valence-corrected chi connectivity index (χ0v) is 13.9. The lowest BCUT2D eigenvalue weighted by Crippen LogP contribution is -2.35. The number of nitrogens with zero attached hydrogens (tertiary/aromatic N) is 4. The fourth-order valence-electron chi connectivity index (χ4n) is 2.59. The highest BCUT2D eigenvalue weighted by Crippen LogP contribution is 2.27. The highest BCUT2D eigenvalue weighted by molar-refractivity contribution is 9.10. The Labute approximate surface area is 137 Å². The van der Waals surface area contributed by atoms with E-state index < -0.39 is 0 Å². The molecule has 3 rings (SSSR count). The van der Waals surface area contributed by atoms with Crippen molar-refractivity contribution in [3.63, 3.8) is 0 Å². The standard InChI is InChI=1S/C14H17BrClN5/c15-10-1-2-11(12(16)7-10)13(17)3-4-20-5-6-21-9-18-19-14(21)8-20/h1-2,7,9,13H,3-6,8,17H2. The first-order valence-corrected chi connectivity index (χ1v) is 8.10. The molecule has 2 N–H and O–H groups in total. The molecular formula is C14H17BrClN5. The van der Waals surface area contributed by atoms with Gasteiger partial charge >= 0.3 is 0 Å². The van der Waals surface area contributed by atoms with Crippen molar-refractivity contribution in [2.45, 2.75) is 25.6 Å². The third-order valence-corrected chi connectivity index (χ3v) is 4.66. The number of fused-ring (bicyclic) bond motifs is 1. The van der Waals surface area contributed by atoms with Gasteiger partial charge in [0.25, 0.3) is 0 Å². The fraction of sp³-hybridized carbons (Fsp3) is 0.429. The average molecular weight is 371 g/mol. The van der Waals surface area contributed by atoms with Crippen LogP contribution in [0.5, 0.6) is 0 Å². The zero-order chi connectivity index (χ0) is 14.8. The molecule has 5 nitrogen and oxygen atoms in total. The van der Waals surface area contributed by atoms with Crippen LogP contribution in [0.25, 0.3) is 0 Å². The maximum atomic E-state index is 6.28. The minimum Gasteiger partial charge on any atom is -0.324 e. The molecule has 112 valence electrons. The molecule has 0 fully saturated rings. The van der Waals surface area contributed by atoms with Crippen molar-refractivity contribution in [1.29, 1.82) is 0 Å². The number of aromatic nitrogens is 3. The van der Waals surface area contributed by atoms with E-state index in [2.05, 4.69) is 35.6 Å². The number of halogens is 2. The minimum atomic E-state index is -0.0506. The van der Waals surface area contributed by atoms with Crippen LogP contribution in [0.1, 0.15) is 23.9 Å². The van der Waals surface area contributed by atoms with Crippen molar-refractivity contribution in [2.24, 2.45) is 5.73 Å². The van der Waals surface area contributed by atoms with E-state index in [4.69, 9.17) is 17.3 Å². The molecule has 7 heteroatoms. The van der Waals surface area contributed by atoms with E-state index in [0.29, 0.717) is 0 Å². The predicted molar refractivity (Wildman–Crippen MR) is 86.0 cm³/mol. The molecule has 1 unspecified atom stereocenters. The highest BCUT2D eigenvalue weighted by Gasteiger charge is 2.18. The second-order valence-corrected chi connectivity index (χ2v) is 6.60. The predicted octanol–water partition coefficient (Wildman–Crippen LogP) is 2.60. The van der Waals surface area contributed by atoms with Gasteiger partial charge in [-0.2, -0.15) is 0 Å². The van der Waals surface area contributed by atoms with Crippen LogP contribution >= 0.6 is 27.5 Å². The Morgan fingerprint density at radius 2 is 2.24 bits per heavy atom. The van der Waals surface area contributed by atoms with Crippen molar-refractivity contribution in [3.05, 3.63) is 45.4 Å². The zero-order valence-electron chi connectivity index (χ0n) is 11.5. The van der Waals surface area contributed by atoms with Gasteiger partial charge in [-0.05, 0) is 24.1 Å². The molecule has 2 aromatic rings. The normalized spacial score (nSPS) is 16.7. The summed E-state index contributed by atoms with van der Waals surface area (Å²) in [5, 5.41) is 8.79. The topological polar surface area (TPSA) is 60.0 Å². The SMILES string of the molecule is NC(CCN1CCn2cnnc2C1)c1ccc(Br)cc1Cl. The van der Waals surface area contributed by atoms with Gasteiger partial charge < -0.3 is 10.3 Å². The van der Waals surface area contributed by atoms with Crippen LogP contribution in [0.4, 0.5) is 0 Å². The molecule has 1 aliphatic heterocycles. The summed E-state index contributed by atoms with van der Waals surface area (Å²) in [7, 11) is 0. The smallest absolute Gasteiger partial charge is 0.147 e. The summed E-state index contributed by atoms with van der Waals surface area (Å²) in [6.07, 6.45) is 2.66. The van der Waals surface area contributed by atoms with Gasteiger partial charge in [-0.3, -0.25) is 4.90 Å². The average Bonchev–Trinajstić information content (AvgIpc) is 2.92. The molecule has 2 heterocycles. The summed E-state index contributed by atoms with van der Waals surface area (Å²) in [5.74, 6) is 1.02. The van der Waals surface area contributed by atoms with Crippen LogP contribution < -0.4 is 5.73 Å². The van der Waals surface area contributed by atoms with Crippen LogP contribution in [0.3, 0.4) is 0 Å². The number of nitrogens with two attached hydrogens (primary N) is 1. The van der Waals surface area contributed by atoms with E-state index in [0.717, 1.165) is 53.5 Å². The Morgan fingerprint density at radius 1 is 1.38 bits per heavy atom. The summed E-state index contributed by atoms with van der Waals surface area (Å²) >= 11 is 9.66. The number of rotatable bonds is 4. The number of hydrogen-bond donors (Lipinski definition) is 1. The quantitative estimate of drug-likeness (QED) is 0.898. The minimum absolute atomic E-state index is 0.0506. The fourth-order valence-corrected chi connectivity index (χ4v) is 3.40. The molecule has 1 atom stereocenters. The van der Waals surface area contributed by atoms with Crippen LogP contribution in [0.15, 0.2) is 29.0 Å². The third-order valence-electron chi connectivity index (χ3n) is 3.84. The van der Waals surface area contributed by atoms with E-state index in [9.17, 15) is 0 Å². The monoisotopic (exact) mass is 369 g/mol. The molecule has 0 aliphatic carbocycles. The van der Waals surface area contributed by atoms with E-state index in [1.165, 1.54) is 0 Å². The Balaban J connectivity index is 1.58. The Bertz CT molecular complexity index is 630. The third kappa shape index (κ3) is 3.45. The van der Waals surface area contributed by atoms with Gasteiger partial charge in [-0.15, -0.1) is 10.2 Å². The van der Waals surface area contributed by atoms with E-state index in [1.54, 1.807) is 6.33 Å². The van der Waals surface area contributed by atoms with Crippen LogP contribution in [0.2, 0.25) is 5.02 Å². The molecule has 1 aliphatic rings. The summed E-state index contributed by atoms with van der Waals surface area (Å²) in [5.41, 5.74) is 7.28. The first-order chi connectivity index (χ1) is 10.1. The van der Waals surface area contributed by atoms with Gasteiger partial charge in [0, 0.05) is 35.2 Å². The van der Waals surface area contributed by atoms with Crippen molar-refractivity contribution >= 4 is 27.5 Å². The first-order valence-electron chi connectivity index (χ1n) is 6.93. The van der Waals surface area contributed by atoms with Crippen molar-refractivity contribution in [1.82, 2.24) is 19.7 Å². The van der Waals surface area contributed by atoms with Gasteiger partial charge in [-0.25, -0.2) is 0 Å². The maximum Gasteiger partial charge on any atom is 0.147 e. The largest absolute Gasteiger partial charge is 0.324 e. The van der Waals surface area contributed by atoms with E-state index in [1.807, 2.05) is 18.2 Å². The highest BCUT2D eigenvalue weighted by atomic mass is 79.9. The molecule has 0 saturated carbocycles. The van der Waals surface area contributed by atoms with Gasteiger partial charge in [0.1, 0.15) is 12.2 Å². The number of hydrogen-bond acceptors (Lipinski definition) is 4.